The van der Waals surface area contributed by atoms with Crippen LogP contribution in [-0.2, 0) is 10.8 Å². The number of nitrogens with zero attached hydrogens (tertiary/aromatic N) is 1. The summed E-state index contributed by atoms with van der Waals surface area (Å²) in [5, 5.41) is 0. The van der Waals surface area contributed by atoms with Crippen molar-refractivity contribution in [3.63, 3.8) is 0 Å². The van der Waals surface area contributed by atoms with Gasteiger partial charge in [0.05, 0.1) is 5.69 Å². The van der Waals surface area contributed by atoms with Gasteiger partial charge in [0.1, 0.15) is 0 Å². The highest BCUT2D eigenvalue weighted by atomic mass is 14.7. The van der Waals surface area contributed by atoms with Gasteiger partial charge in [-0.15, -0.1) is 0 Å². The summed E-state index contributed by atoms with van der Waals surface area (Å²) < 4.78 is 0. The number of fused-ring (bicyclic) bond motifs is 1. The zero-order valence-corrected chi connectivity index (χ0v) is 14.8. The smallest absolute Gasteiger partial charge is 0.0705 e. The van der Waals surface area contributed by atoms with Crippen molar-refractivity contribution < 1.29 is 0 Å². The average molecular weight is 303 g/mol. The summed E-state index contributed by atoms with van der Waals surface area (Å²) in [7, 11) is 0. The minimum Gasteiger partial charge on any atom is -0.256 e. The molecule has 1 nitrogen and oxygen atoms in total. The van der Waals surface area contributed by atoms with E-state index in [0.717, 1.165) is 22.4 Å². The number of pyridine rings is 1. The quantitative estimate of drug-likeness (QED) is 0.638. The van der Waals surface area contributed by atoms with Crippen LogP contribution in [0.4, 0.5) is 0 Å². The highest BCUT2D eigenvalue weighted by Crippen LogP contribution is 2.48. The van der Waals surface area contributed by atoms with Crippen LogP contribution in [0.2, 0.25) is 0 Å². The van der Waals surface area contributed by atoms with Gasteiger partial charge in [-0.25, -0.2) is 0 Å². The Hall–Kier alpha value is -2.15. The van der Waals surface area contributed by atoms with Gasteiger partial charge < -0.3 is 0 Å². The largest absolute Gasteiger partial charge is 0.256 e. The van der Waals surface area contributed by atoms with Crippen LogP contribution in [-0.4, -0.2) is 4.98 Å². The molecule has 0 spiro atoms. The van der Waals surface area contributed by atoms with Crippen molar-refractivity contribution >= 4 is 5.57 Å². The molecule has 2 aromatic rings. The molecule has 1 heterocycles. The lowest BCUT2D eigenvalue weighted by Gasteiger charge is -2.21. The minimum atomic E-state index is -0.0361. The zero-order valence-electron chi connectivity index (χ0n) is 14.8. The van der Waals surface area contributed by atoms with Gasteiger partial charge in [0.25, 0.3) is 0 Å². The maximum absolute atomic E-state index is 4.58. The van der Waals surface area contributed by atoms with Gasteiger partial charge in [-0.1, -0.05) is 59.9 Å². The molecule has 1 aromatic carbocycles. The summed E-state index contributed by atoms with van der Waals surface area (Å²) >= 11 is 0. The van der Waals surface area contributed by atoms with E-state index in [4.69, 9.17) is 0 Å². The van der Waals surface area contributed by atoms with Crippen LogP contribution in [0.3, 0.4) is 0 Å². The molecule has 0 bridgehead atoms. The normalized spacial score (nSPS) is 16.6. The minimum absolute atomic E-state index is 0.0361. The molecular formula is C22H25N. The third-order valence-corrected chi connectivity index (χ3v) is 5.06. The fourth-order valence-electron chi connectivity index (χ4n) is 3.26. The molecule has 118 valence electrons. The third-order valence-electron chi connectivity index (χ3n) is 5.06. The lowest BCUT2D eigenvalue weighted by Crippen LogP contribution is -2.14. The van der Waals surface area contributed by atoms with Gasteiger partial charge in [-0.05, 0) is 51.5 Å². The van der Waals surface area contributed by atoms with Gasteiger partial charge in [0, 0.05) is 17.2 Å². The van der Waals surface area contributed by atoms with Crippen molar-refractivity contribution in [3.05, 3.63) is 72.0 Å². The molecule has 0 radical (unpaired) electrons. The predicted molar refractivity (Wildman–Crippen MR) is 99.6 cm³/mol. The SMILES string of the molecule is C=C1C(=C)C(C)(C)c2ccc(-c3cc(C(C)(C)C)ccn3)cc21. The molecule has 0 aliphatic heterocycles. The lowest BCUT2D eigenvalue weighted by atomic mass is 9.83. The molecule has 0 N–H and O–H groups in total. The van der Waals surface area contributed by atoms with E-state index < -0.39 is 0 Å². The van der Waals surface area contributed by atoms with Crippen LogP contribution in [0.15, 0.2) is 55.3 Å². The molecule has 0 amide bonds. The topological polar surface area (TPSA) is 12.9 Å². The second-order valence-electron chi connectivity index (χ2n) is 8.02. The molecule has 0 fully saturated rings. The van der Waals surface area contributed by atoms with Gasteiger partial charge in [-0.3, -0.25) is 4.98 Å². The number of hydrogen-bond acceptors (Lipinski definition) is 1. The first-order valence-corrected chi connectivity index (χ1v) is 8.13. The Morgan fingerprint density at radius 2 is 1.70 bits per heavy atom. The molecule has 0 saturated carbocycles. The maximum Gasteiger partial charge on any atom is 0.0705 e. The van der Waals surface area contributed by atoms with Crippen molar-refractivity contribution in [1.29, 1.82) is 0 Å². The zero-order chi connectivity index (χ0) is 17.0. The summed E-state index contributed by atoms with van der Waals surface area (Å²) in [4.78, 5) is 4.58. The van der Waals surface area contributed by atoms with Crippen molar-refractivity contribution in [2.45, 2.75) is 45.4 Å². The fourth-order valence-corrected chi connectivity index (χ4v) is 3.26. The van der Waals surface area contributed by atoms with Crippen LogP contribution < -0.4 is 0 Å². The van der Waals surface area contributed by atoms with Crippen LogP contribution in [0.25, 0.3) is 16.8 Å². The Morgan fingerprint density at radius 1 is 1.00 bits per heavy atom. The molecule has 1 heteroatoms. The summed E-state index contributed by atoms with van der Waals surface area (Å²) in [5.41, 5.74) is 8.22. The molecule has 1 aliphatic carbocycles. The highest BCUT2D eigenvalue weighted by Gasteiger charge is 2.36. The number of benzene rings is 1. The number of hydrogen-bond donors (Lipinski definition) is 0. The Morgan fingerprint density at radius 3 is 2.35 bits per heavy atom. The Balaban J connectivity index is 2.12. The molecule has 0 atom stereocenters. The fraction of sp³-hybridized carbons (Fsp3) is 0.318. The van der Waals surface area contributed by atoms with E-state index >= 15 is 0 Å². The van der Waals surface area contributed by atoms with Crippen molar-refractivity contribution in [2.24, 2.45) is 0 Å². The van der Waals surface area contributed by atoms with E-state index in [9.17, 15) is 0 Å². The average Bonchev–Trinajstić information content (AvgIpc) is 2.67. The molecule has 3 rings (SSSR count). The van der Waals surface area contributed by atoms with Crippen LogP contribution in [0.5, 0.6) is 0 Å². The van der Waals surface area contributed by atoms with E-state index in [0.29, 0.717) is 0 Å². The number of aromatic nitrogens is 1. The van der Waals surface area contributed by atoms with E-state index in [-0.39, 0.29) is 10.8 Å². The first kappa shape index (κ1) is 15.7. The summed E-state index contributed by atoms with van der Waals surface area (Å²) in [6.45, 7) is 19.6. The summed E-state index contributed by atoms with van der Waals surface area (Å²) in [6.07, 6.45) is 1.90. The van der Waals surface area contributed by atoms with Gasteiger partial charge in [0.15, 0.2) is 0 Å². The van der Waals surface area contributed by atoms with Crippen molar-refractivity contribution in [2.75, 3.05) is 0 Å². The Kier molecular flexibility index (Phi) is 3.37. The summed E-state index contributed by atoms with van der Waals surface area (Å²) in [5.74, 6) is 0. The number of allylic oxidation sites excluding steroid dienone is 2. The predicted octanol–water partition coefficient (Wildman–Crippen LogP) is 5.91. The Bertz CT molecular complexity index is 816. The molecule has 0 saturated heterocycles. The van der Waals surface area contributed by atoms with Crippen LogP contribution in [0.1, 0.15) is 51.3 Å². The maximum atomic E-state index is 4.58. The first-order chi connectivity index (χ1) is 10.6. The number of rotatable bonds is 1. The van der Waals surface area contributed by atoms with Gasteiger partial charge in [0.2, 0.25) is 0 Å². The van der Waals surface area contributed by atoms with Crippen LogP contribution >= 0.6 is 0 Å². The van der Waals surface area contributed by atoms with E-state index in [1.54, 1.807) is 0 Å². The first-order valence-electron chi connectivity index (χ1n) is 8.13. The second-order valence-corrected chi connectivity index (χ2v) is 8.02. The lowest BCUT2D eigenvalue weighted by molar-refractivity contribution is 0.589. The summed E-state index contributed by atoms with van der Waals surface area (Å²) in [6, 6.07) is 10.9. The molecule has 0 unspecified atom stereocenters. The second kappa shape index (κ2) is 4.92. The molecule has 23 heavy (non-hydrogen) atoms. The van der Waals surface area contributed by atoms with Crippen molar-refractivity contribution in [3.8, 4) is 11.3 Å². The van der Waals surface area contributed by atoms with E-state index in [1.165, 1.54) is 16.7 Å². The molecule has 1 aromatic heterocycles. The van der Waals surface area contributed by atoms with Gasteiger partial charge in [-0.2, -0.15) is 0 Å². The van der Waals surface area contributed by atoms with Gasteiger partial charge >= 0.3 is 0 Å². The van der Waals surface area contributed by atoms with Crippen molar-refractivity contribution in [1.82, 2.24) is 4.98 Å². The molecule has 1 aliphatic rings. The standard InChI is InChI=1S/C22H25N/c1-14-15(2)22(6,7)19-9-8-16(12-18(14)19)20-13-17(10-11-23-20)21(3,4)5/h8-13H,1-2H2,3-7H3. The third kappa shape index (κ3) is 2.45. The monoisotopic (exact) mass is 303 g/mol. The van der Waals surface area contributed by atoms with Crippen LogP contribution in [0, 0.1) is 0 Å². The highest BCUT2D eigenvalue weighted by molar-refractivity contribution is 5.89. The van der Waals surface area contributed by atoms with E-state index in [1.807, 2.05) is 6.20 Å². The van der Waals surface area contributed by atoms with E-state index in [2.05, 4.69) is 83.1 Å². The molecular weight excluding hydrogens is 278 g/mol. The Labute approximate surface area is 139 Å².